The van der Waals surface area contributed by atoms with Crippen LogP contribution < -0.4 is 0 Å². The van der Waals surface area contributed by atoms with Crippen molar-refractivity contribution in [1.82, 2.24) is 18.3 Å². The summed E-state index contributed by atoms with van der Waals surface area (Å²) in [4.78, 5) is 4.72. The van der Waals surface area contributed by atoms with E-state index in [0.29, 0.717) is 28.3 Å². The van der Waals surface area contributed by atoms with Gasteiger partial charge >= 0.3 is 0 Å². The Kier molecular flexibility index (Phi) is 8.33. The quantitative estimate of drug-likeness (QED) is 0.163. The normalized spacial score (nSPS) is 11.9. The first-order valence-electron chi connectivity index (χ1n) is 23.2. The van der Waals surface area contributed by atoms with Gasteiger partial charge in [0.25, 0.3) is 0 Å². The average Bonchev–Trinajstić information content (AvgIpc) is 4.04. The molecule has 13 aromatic rings. The van der Waals surface area contributed by atoms with Crippen molar-refractivity contribution in [2.45, 2.75) is 41.5 Å². The standard InChI is InChI=1S/C62H44N6/c1-35-16-22-52-43(28-35)44-29-36(2)17-23-53(44)65(52)59-49(34-63)60(66-54-24-18-37(3)30-45(54)46-31-38(4)19-25-55(46)66)62(68-50-14-10-8-12-41(50)42-13-9-11-15-51(42)68)61(58(59)64-7)67-56-26-20-39(5)32-47(56)48-33-40(6)21-27-57(48)67/h8-33H,1-6H3. The zero-order valence-corrected chi connectivity index (χ0v) is 38.7. The fourth-order valence-electron chi connectivity index (χ4n) is 11.4. The van der Waals surface area contributed by atoms with Crippen LogP contribution in [0.2, 0.25) is 0 Å². The first kappa shape index (κ1) is 39.5. The maximum Gasteiger partial charge on any atom is 0.237 e. The van der Waals surface area contributed by atoms with Crippen molar-refractivity contribution in [2.24, 2.45) is 0 Å². The molecule has 0 saturated heterocycles. The highest BCUT2D eigenvalue weighted by molar-refractivity contribution is 6.17. The average molecular weight is 873 g/mol. The van der Waals surface area contributed by atoms with Crippen molar-refractivity contribution in [3.05, 3.63) is 208 Å². The van der Waals surface area contributed by atoms with Crippen LogP contribution >= 0.6 is 0 Å². The minimum absolute atomic E-state index is 0.384. The van der Waals surface area contributed by atoms with Crippen molar-refractivity contribution in [2.75, 3.05) is 0 Å². The van der Waals surface area contributed by atoms with Crippen LogP contribution in [0.15, 0.2) is 158 Å². The summed E-state index contributed by atoms with van der Waals surface area (Å²) in [5, 5.41) is 21.1. The number of para-hydroxylation sites is 2. The fraction of sp³-hybridized carbons (Fsp3) is 0.0968. The van der Waals surface area contributed by atoms with Crippen LogP contribution in [0.25, 0.3) is 115 Å². The predicted octanol–water partition coefficient (Wildman–Crippen LogP) is 16.3. The molecule has 0 atom stereocenters. The lowest BCUT2D eigenvalue weighted by Crippen LogP contribution is -2.14. The molecule has 6 heteroatoms. The van der Waals surface area contributed by atoms with Gasteiger partial charge < -0.3 is 18.3 Å². The summed E-state index contributed by atoms with van der Waals surface area (Å²) in [5.41, 5.74) is 18.1. The number of benzene rings is 9. The van der Waals surface area contributed by atoms with Crippen molar-refractivity contribution < 1.29 is 0 Å². The molecule has 0 amide bonds. The Morgan fingerprint density at radius 2 is 0.618 bits per heavy atom. The largest absolute Gasteiger partial charge is 0.318 e. The monoisotopic (exact) mass is 872 g/mol. The fourth-order valence-corrected chi connectivity index (χ4v) is 11.4. The molecule has 4 aromatic heterocycles. The van der Waals surface area contributed by atoms with E-state index in [9.17, 15) is 11.8 Å². The summed E-state index contributed by atoms with van der Waals surface area (Å²) in [6, 6.07) is 59.6. The van der Waals surface area contributed by atoms with E-state index in [-0.39, 0.29) is 0 Å². The highest BCUT2D eigenvalue weighted by Crippen LogP contribution is 2.52. The minimum atomic E-state index is 0.384. The van der Waals surface area contributed by atoms with Crippen molar-refractivity contribution in [3.8, 4) is 28.8 Å². The van der Waals surface area contributed by atoms with Gasteiger partial charge in [-0.05, 0) is 126 Å². The van der Waals surface area contributed by atoms with Crippen LogP contribution in [0.5, 0.6) is 0 Å². The first-order valence-corrected chi connectivity index (χ1v) is 23.2. The van der Waals surface area contributed by atoms with Crippen LogP contribution in [-0.2, 0) is 0 Å². The van der Waals surface area contributed by atoms with Gasteiger partial charge in [0, 0.05) is 43.1 Å². The molecule has 0 radical (unpaired) electrons. The molecular weight excluding hydrogens is 829 g/mol. The van der Waals surface area contributed by atoms with E-state index in [1.165, 1.54) is 0 Å². The highest BCUT2D eigenvalue weighted by Gasteiger charge is 2.34. The van der Waals surface area contributed by atoms with E-state index < -0.39 is 0 Å². The van der Waals surface area contributed by atoms with Gasteiger partial charge in [-0.2, -0.15) is 5.26 Å². The number of hydrogen-bond acceptors (Lipinski definition) is 1. The Labute approximate surface area is 393 Å². The number of aryl methyl sites for hydroxylation is 6. The smallest absolute Gasteiger partial charge is 0.237 e. The number of aromatic nitrogens is 4. The summed E-state index contributed by atoms with van der Waals surface area (Å²) in [7, 11) is 0. The number of nitriles is 1. The number of nitrogens with zero attached hydrogens (tertiary/aromatic N) is 6. The van der Waals surface area contributed by atoms with Gasteiger partial charge in [-0.15, -0.1) is 0 Å². The van der Waals surface area contributed by atoms with Crippen molar-refractivity contribution in [3.63, 3.8) is 0 Å². The molecule has 4 heterocycles. The zero-order valence-electron chi connectivity index (χ0n) is 38.7. The second-order valence-corrected chi connectivity index (χ2v) is 18.8. The van der Waals surface area contributed by atoms with Gasteiger partial charge in [0.15, 0.2) is 0 Å². The molecule has 0 aliphatic rings. The molecule has 68 heavy (non-hydrogen) atoms. The Hall–Kier alpha value is -8.84. The molecule has 0 fully saturated rings. The molecule has 0 N–H and O–H groups in total. The van der Waals surface area contributed by atoms with E-state index in [2.05, 4.69) is 224 Å². The molecule has 0 saturated carbocycles. The topological polar surface area (TPSA) is 47.9 Å². The summed E-state index contributed by atoms with van der Waals surface area (Å²) in [5.74, 6) is 0. The van der Waals surface area contributed by atoms with E-state index >= 15 is 0 Å². The highest BCUT2D eigenvalue weighted by atomic mass is 15.1. The van der Waals surface area contributed by atoms with Crippen LogP contribution in [0, 0.1) is 59.4 Å². The maximum absolute atomic E-state index is 12.4. The Balaban J connectivity index is 1.40. The van der Waals surface area contributed by atoms with Gasteiger partial charge in [0.05, 0.1) is 79.0 Å². The Bertz CT molecular complexity index is 4080. The van der Waals surface area contributed by atoms with Crippen LogP contribution in [-0.4, -0.2) is 18.3 Å². The second-order valence-electron chi connectivity index (χ2n) is 18.8. The molecule has 0 bridgehead atoms. The van der Waals surface area contributed by atoms with Gasteiger partial charge in [0.1, 0.15) is 6.07 Å². The van der Waals surface area contributed by atoms with Crippen molar-refractivity contribution >= 4 is 92.9 Å². The predicted molar refractivity (Wildman–Crippen MR) is 283 cm³/mol. The maximum atomic E-state index is 12.4. The zero-order chi connectivity index (χ0) is 46.3. The molecule has 9 aromatic carbocycles. The van der Waals surface area contributed by atoms with Crippen molar-refractivity contribution in [1.29, 1.82) is 5.26 Å². The molecule has 0 aliphatic carbocycles. The van der Waals surface area contributed by atoms with E-state index in [4.69, 9.17) is 4.85 Å². The third-order valence-electron chi connectivity index (χ3n) is 14.3. The van der Waals surface area contributed by atoms with Gasteiger partial charge in [-0.25, -0.2) is 4.85 Å². The molecule has 322 valence electrons. The lowest BCUT2D eigenvalue weighted by molar-refractivity contribution is 1.03. The molecule has 13 rings (SSSR count). The van der Waals surface area contributed by atoms with Crippen LogP contribution in [0.4, 0.5) is 5.69 Å². The van der Waals surface area contributed by atoms with Gasteiger partial charge in [-0.1, -0.05) is 106 Å². The Morgan fingerprint density at radius 1 is 0.338 bits per heavy atom. The lowest BCUT2D eigenvalue weighted by atomic mass is 10.0. The summed E-state index contributed by atoms with van der Waals surface area (Å²) in [6.07, 6.45) is 0. The SMILES string of the molecule is [C-]#[N+]c1c(-n2c3ccc(C)cc3c3cc(C)ccc32)c(C#N)c(-n2c3ccc(C)cc3c3cc(C)ccc32)c(-n2c3ccccc3c3ccccc32)c1-n1c2ccc(C)cc2c2cc(C)ccc21. The number of hydrogen-bond donors (Lipinski definition) is 0. The Morgan fingerprint density at radius 3 is 0.941 bits per heavy atom. The molecule has 0 unspecified atom stereocenters. The number of rotatable bonds is 4. The second kappa shape index (κ2) is 14.3. The van der Waals surface area contributed by atoms with E-state index in [0.717, 1.165) is 126 Å². The van der Waals surface area contributed by atoms with Gasteiger partial charge in [0.2, 0.25) is 5.69 Å². The summed E-state index contributed by atoms with van der Waals surface area (Å²) < 4.78 is 9.20. The minimum Gasteiger partial charge on any atom is -0.318 e. The summed E-state index contributed by atoms with van der Waals surface area (Å²) >= 11 is 0. The lowest BCUT2D eigenvalue weighted by Gasteiger charge is -2.27. The van der Waals surface area contributed by atoms with Crippen LogP contribution in [0.3, 0.4) is 0 Å². The number of fused-ring (bicyclic) bond motifs is 12. The van der Waals surface area contributed by atoms with Crippen LogP contribution in [0.1, 0.15) is 38.9 Å². The molecule has 0 aliphatic heterocycles. The third-order valence-corrected chi connectivity index (χ3v) is 14.3. The molecule has 6 nitrogen and oxygen atoms in total. The summed E-state index contributed by atoms with van der Waals surface area (Å²) in [6.45, 7) is 22.5. The van der Waals surface area contributed by atoms with Gasteiger partial charge in [-0.3, -0.25) is 0 Å². The molecule has 0 spiro atoms. The third kappa shape index (κ3) is 5.37. The molecular formula is C62H44N6. The first-order chi connectivity index (χ1) is 33.1. The van der Waals surface area contributed by atoms with E-state index in [1.54, 1.807) is 0 Å². The van der Waals surface area contributed by atoms with E-state index in [1.807, 2.05) is 0 Å².